The number of hydrogen-bond acceptors (Lipinski definition) is 8. The molecule has 0 aromatic heterocycles. The lowest BCUT2D eigenvalue weighted by Crippen LogP contribution is -2.57. The summed E-state index contributed by atoms with van der Waals surface area (Å²) in [6.07, 6.45) is -2.16. The van der Waals surface area contributed by atoms with E-state index in [2.05, 4.69) is 16.0 Å². The van der Waals surface area contributed by atoms with E-state index in [-0.39, 0.29) is 25.7 Å². The SMILES string of the molecule is CC(N)C(=O)NC(CCC(N)=O)C(=O)NC(CCC(N)=O)C(=O)NC(CCC(=O)O)C(=O)O. The molecule has 15 heteroatoms. The summed E-state index contributed by atoms with van der Waals surface area (Å²) < 4.78 is 0. The molecule has 4 unspecified atom stereocenters. The van der Waals surface area contributed by atoms with Gasteiger partial charge in [0.25, 0.3) is 0 Å². The van der Waals surface area contributed by atoms with Gasteiger partial charge in [-0.3, -0.25) is 28.8 Å². The Morgan fingerprint density at radius 2 is 1.03 bits per heavy atom. The van der Waals surface area contributed by atoms with Crippen LogP contribution in [-0.2, 0) is 33.6 Å². The van der Waals surface area contributed by atoms with Crippen molar-refractivity contribution in [2.75, 3.05) is 0 Å². The molecule has 0 aliphatic carbocycles. The maximum absolute atomic E-state index is 12.7. The minimum absolute atomic E-state index is 0.222. The number of carbonyl (C=O) groups excluding carboxylic acids is 5. The molecule has 0 bridgehead atoms. The molecule has 0 saturated heterocycles. The lowest BCUT2D eigenvalue weighted by atomic mass is 10.1. The van der Waals surface area contributed by atoms with Gasteiger partial charge < -0.3 is 43.4 Å². The van der Waals surface area contributed by atoms with Crippen molar-refractivity contribution < 1.29 is 43.8 Å². The molecule has 5 amide bonds. The first kappa shape index (κ1) is 29.2. The molecule has 11 N–H and O–H groups in total. The average molecular weight is 474 g/mol. The first-order valence-electron chi connectivity index (χ1n) is 9.92. The smallest absolute Gasteiger partial charge is 0.326 e. The van der Waals surface area contributed by atoms with E-state index in [0.717, 1.165) is 0 Å². The summed E-state index contributed by atoms with van der Waals surface area (Å²) in [6, 6.07) is -5.35. The zero-order valence-corrected chi connectivity index (χ0v) is 18.0. The number of amides is 5. The van der Waals surface area contributed by atoms with Gasteiger partial charge in [-0.15, -0.1) is 0 Å². The van der Waals surface area contributed by atoms with Crippen LogP contribution in [0.1, 0.15) is 45.4 Å². The van der Waals surface area contributed by atoms with Gasteiger partial charge in [-0.1, -0.05) is 0 Å². The first-order chi connectivity index (χ1) is 15.2. The standard InChI is InChI=1S/C18H30N6O9/c1-8(19)15(29)22-9(2-5-12(20)25)16(30)23-10(3-6-13(21)26)17(31)24-11(18(32)33)4-7-14(27)28/h8-11H,2-7,19H2,1H3,(H2,20,25)(H2,21,26)(H,22,29)(H,23,30)(H,24,31)(H,27,28)(H,32,33). The van der Waals surface area contributed by atoms with E-state index < -0.39 is 78.5 Å². The molecule has 0 aromatic carbocycles. The normalized spacial score (nSPS) is 14.1. The van der Waals surface area contributed by atoms with Crippen LogP contribution in [0.2, 0.25) is 0 Å². The van der Waals surface area contributed by atoms with Gasteiger partial charge in [0.05, 0.1) is 6.04 Å². The van der Waals surface area contributed by atoms with Crippen LogP contribution in [0.4, 0.5) is 0 Å². The number of hydrogen-bond donors (Lipinski definition) is 8. The molecule has 186 valence electrons. The van der Waals surface area contributed by atoms with Crippen molar-refractivity contribution in [1.82, 2.24) is 16.0 Å². The van der Waals surface area contributed by atoms with E-state index in [1.807, 2.05) is 0 Å². The fourth-order valence-corrected chi connectivity index (χ4v) is 2.48. The molecule has 0 fully saturated rings. The van der Waals surface area contributed by atoms with Crippen LogP contribution < -0.4 is 33.2 Å². The summed E-state index contributed by atoms with van der Waals surface area (Å²) in [5, 5.41) is 24.6. The first-order valence-corrected chi connectivity index (χ1v) is 9.92. The minimum Gasteiger partial charge on any atom is -0.481 e. The van der Waals surface area contributed by atoms with E-state index in [1.54, 1.807) is 0 Å². The van der Waals surface area contributed by atoms with Crippen molar-refractivity contribution in [3.05, 3.63) is 0 Å². The molecule has 33 heavy (non-hydrogen) atoms. The highest BCUT2D eigenvalue weighted by molar-refractivity contribution is 5.94. The highest BCUT2D eigenvalue weighted by atomic mass is 16.4. The third kappa shape index (κ3) is 12.6. The number of primary amides is 2. The third-order valence-electron chi connectivity index (χ3n) is 4.30. The summed E-state index contributed by atoms with van der Waals surface area (Å²) in [4.78, 5) is 81.5. The van der Waals surface area contributed by atoms with Crippen LogP contribution >= 0.6 is 0 Å². The van der Waals surface area contributed by atoms with E-state index >= 15 is 0 Å². The number of carboxylic acids is 2. The summed E-state index contributed by atoms with van der Waals surface area (Å²) in [5.74, 6) is -7.02. The van der Waals surface area contributed by atoms with Crippen LogP contribution in [0.3, 0.4) is 0 Å². The van der Waals surface area contributed by atoms with Gasteiger partial charge in [0.2, 0.25) is 29.5 Å². The van der Waals surface area contributed by atoms with Crippen molar-refractivity contribution in [1.29, 1.82) is 0 Å². The largest absolute Gasteiger partial charge is 0.481 e. The van der Waals surface area contributed by atoms with Crippen molar-refractivity contribution in [2.45, 2.75) is 69.6 Å². The van der Waals surface area contributed by atoms with Crippen LogP contribution in [0.5, 0.6) is 0 Å². The molecule has 4 atom stereocenters. The van der Waals surface area contributed by atoms with Gasteiger partial charge in [0.15, 0.2) is 0 Å². The number of nitrogens with one attached hydrogen (secondary N) is 3. The van der Waals surface area contributed by atoms with Gasteiger partial charge in [0.1, 0.15) is 18.1 Å². The number of rotatable bonds is 16. The van der Waals surface area contributed by atoms with Crippen LogP contribution in [0.15, 0.2) is 0 Å². The second-order valence-electron chi connectivity index (χ2n) is 7.25. The summed E-state index contributed by atoms with van der Waals surface area (Å²) in [5.41, 5.74) is 15.6. The monoisotopic (exact) mass is 474 g/mol. The van der Waals surface area contributed by atoms with Crippen LogP contribution in [0.25, 0.3) is 0 Å². The summed E-state index contributed by atoms with van der Waals surface area (Å²) in [7, 11) is 0. The van der Waals surface area contributed by atoms with Gasteiger partial charge in [-0.2, -0.15) is 0 Å². The topological polar surface area (TPSA) is 274 Å². The molecule has 0 spiro atoms. The number of carbonyl (C=O) groups is 7. The Morgan fingerprint density at radius 3 is 1.36 bits per heavy atom. The Balaban J connectivity index is 5.54. The second kappa shape index (κ2) is 14.3. The fourth-order valence-electron chi connectivity index (χ4n) is 2.48. The highest BCUT2D eigenvalue weighted by Crippen LogP contribution is 2.05. The highest BCUT2D eigenvalue weighted by Gasteiger charge is 2.30. The second-order valence-corrected chi connectivity index (χ2v) is 7.25. The maximum atomic E-state index is 12.7. The molecule has 0 aromatic rings. The predicted octanol–water partition coefficient (Wildman–Crippen LogP) is -3.73. The molecule has 0 aliphatic heterocycles. The minimum atomic E-state index is -1.58. The van der Waals surface area contributed by atoms with Crippen molar-refractivity contribution in [3.8, 4) is 0 Å². The van der Waals surface area contributed by atoms with Crippen molar-refractivity contribution in [3.63, 3.8) is 0 Å². The lowest BCUT2D eigenvalue weighted by Gasteiger charge is -2.24. The van der Waals surface area contributed by atoms with Crippen molar-refractivity contribution >= 4 is 41.5 Å². The average Bonchev–Trinajstić information content (AvgIpc) is 2.69. The van der Waals surface area contributed by atoms with E-state index in [9.17, 15) is 38.7 Å². The molecular weight excluding hydrogens is 444 g/mol. The maximum Gasteiger partial charge on any atom is 0.326 e. The number of carboxylic acid groups (broad SMARTS) is 2. The molecular formula is C18H30N6O9. The lowest BCUT2D eigenvalue weighted by molar-refractivity contribution is -0.143. The van der Waals surface area contributed by atoms with Gasteiger partial charge in [0, 0.05) is 19.3 Å². The Morgan fingerprint density at radius 1 is 0.667 bits per heavy atom. The number of aliphatic carboxylic acids is 2. The Labute approximate surface area is 188 Å². The Kier molecular flexibility index (Phi) is 12.7. The number of nitrogens with two attached hydrogens (primary N) is 3. The van der Waals surface area contributed by atoms with Gasteiger partial charge >= 0.3 is 11.9 Å². The molecule has 15 nitrogen and oxygen atoms in total. The Bertz CT molecular complexity index is 771. The fraction of sp³-hybridized carbons (Fsp3) is 0.611. The van der Waals surface area contributed by atoms with E-state index in [4.69, 9.17) is 22.3 Å². The molecule has 0 radical (unpaired) electrons. The Hall–Kier alpha value is -3.75. The van der Waals surface area contributed by atoms with Crippen LogP contribution in [0, 0.1) is 0 Å². The third-order valence-corrected chi connectivity index (χ3v) is 4.30. The summed E-state index contributed by atoms with van der Waals surface area (Å²) in [6.45, 7) is 1.35. The van der Waals surface area contributed by atoms with E-state index in [1.165, 1.54) is 6.92 Å². The van der Waals surface area contributed by atoms with Gasteiger partial charge in [-0.25, -0.2) is 4.79 Å². The zero-order valence-electron chi connectivity index (χ0n) is 18.0. The zero-order chi connectivity index (χ0) is 25.7. The molecule has 0 saturated carbocycles. The molecule has 0 rings (SSSR count). The predicted molar refractivity (Wildman–Crippen MR) is 111 cm³/mol. The molecule has 0 aliphatic rings. The quantitative estimate of drug-likeness (QED) is 0.108. The molecule has 0 heterocycles. The summed E-state index contributed by atoms with van der Waals surface area (Å²) >= 11 is 0. The van der Waals surface area contributed by atoms with Crippen LogP contribution in [-0.4, -0.2) is 75.9 Å². The van der Waals surface area contributed by atoms with Crippen molar-refractivity contribution in [2.24, 2.45) is 17.2 Å². The van der Waals surface area contributed by atoms with E-state index in [0.29, 0.717) is 0 Å². The van der Waals surface area contributed by atoms with Gasteiger partial charge in [-0.05, 0) is 26.2 Å².